The van der Waals surface area contributed by atoms with E-state index in [0.29, 0.717) is 0 Å². The molecule has 0 atom stereocenters. The van der Waals surface area contributed by atoms with Gasteiger partial charge in [-0.3, -0.25) is 0 Å². The summed E-state index contributed by atoms with van der Waals surface area (Å²) in [4.78, 5) is 0. The van der Waals surface area contributed by atoms with Crippen molar-refractivity contribution in [3.8, 4) is 0 Å². The van der Waals surface area contributed by atoms with Crippen molar-refractivity contribution in [1.82, 2.24) is 0 Å². The molecule has 0 aromatic heterocycles. The molecule has 0 aromatic rings. The first-order valence-corrected chi connectivity index (χ1v) is 7.10. The Bertz CT molecular complexity index is 243. The van der Waals surface area contributed by atoms with Crippen LogP contribution in [0.25, 0.3) is 0 Å². The molecule has 0 amide bonds. The highest BCUT2D eigenvalue weighted by atomic mass is 16.4. The molecule has 12 nitrogen and oxygen atoms in total. The van der Waals surface area contributed by atoms with Crippen LogP contribution in [0.4, 0.5) is 0 Å². The molecule has 0 radical (unpaired) electrons. The minimum absolute atomic E-state index is 1.64. The normalized spacial score (nSPS) is 55.5. The van der Waals surface area contributed by atoms with Crippen molar-refractivity contribution in [2.75, 3.05) is 0 Å². The van der Waals surface area contributed by atoms with Crippen molar-refractivity contribution in [1.29, 1.82) is 0 Å². The second-order valence-electron chi connectivity index (χ2n) is 5.89. The van der Waals surface area contributed by atoms with Crippen LogP contribution >= 0.6 is 0 Å². The molecule has 2 fully saturated rings. The number of aliphatic hydroxyl groups excluding tert-OH is 12. The van der Waals surface area contributed by atoms with Gasteiger partial charge < -0.3 is 61.3 Å². The first kappa shape index (κ1) is 21.6. The van der Waals surface area contributed by atoms with Crippen molar-refractivity contribution < 1.29 is 61.3 Å². The van der Waals surface area contributed by atoms with Gasteiger partial charge in [0.2, 0.25) is 0 Å². The third-order valence-corrected chi connectivity index (χ3v) is 4.20. The molecule has 0 aromatic carbocycles. The van der Waals surface area contributed by atoms with Gasteiger partial charge in [-0.2, -0.15) is 0 Å². The zero-order valence-corrected chi connectivity index (χ0v) is 12.3. The van der Waals surface area contributed by atoms with Gasteiger partial charge in [0.05, 0.1) is 0 Å². The van der Waals surface area contributed by atoms with E-state index in [1.54, 1.807) is 0 Å². The Morgan fingerprint density at radius 1 is 0.167 bits per heavy atom. The van der Waals surface area contributed by atoms with E-state index in [9.17, 15) is 0 Å². The molecular weight excluding hydrogens is 336 g/mol. The van der Waals surface area contributed by atoms with Gasteiger partial charge in [0.15, 0.2) is 0 Å². The lowest BCUT2D eigenvalue weighted by molar-refractivity contribution is -0.223. The summed E-state index contributed by atoms with van der Waals surface area (Å²) in [6.07, 6.45) is -19.7. The largest absolute Gasteiger partial charge is 0.387 e. The lowest BCUT2D eigenvalue weighted by Crippen LogP contribution is -2.63. The Morgan fingerprint density at radius 2 is 0.208 bits per heavy atom. The highest BCUT2D eigenvalue weighted by molar-refractivity contribution is 4.99. The molecule has 0 spiro atoms. The Morgan fingerprint density at radius 3 is 0.250 bits per heavy atom. The van der Waals surface area contributed by atoms with Crippen LogP contribution in [0.5, 0.6) is 0 Å². The molecule has 2 aliphatic carbocycles. The van der Waals surface area contributed by atoms with Crippen molar-refractivity contribution in [2.24, 2.45) is 0 Å². The fourth-order valence-corrected chi connectivity index (χ4v) is 2.42. The minimum atomic E-state index is -1.64. The Kier molecular flexibility index (Phi) is 7.43. The summed E-state index contributed by atoms with van der Waals surface area (Å²) in [6, 6.07) is 0. The maximum Gasteiger partial charge on any atom is 0.111 e. The fourth-order valence-electron chi connectivity index (χ4n) is 2.42. The Hall–Kier alpha value is -0.480. The zero-order valence-electron chi connectivity index (χ0n) is 12.3. The summed E-state index contributed by atoms with van der Waals surface area (Å²) in [5.74, 6) is 0. The van der Waals surface area contributed by atoms with Crippen molar-refractivity contribution in [3.05, 3.63) is 0 Å². The molecule has 0 heterocycles. The average molecular weight is 360 g/mol. The summed E-state index contributed by atoms with van der Waals surface area (Å²) < 4.78 is 0. The van der Waals surface area contributed by atoms with Crippen LogP contribution in [0.1, 0.15) is 0 Å². The molecule has 0 saturated heterocycles. The third-order valence-electron chi connectivity index (χ3n) is 4.20. The van der Waals surface area contributed by atoms with E-state index in [2.05, 4.69) is 0 Å². The van der Waals surface area contributed by atoms with Crippen LogP contribution in [0, 0.1) is 0 Å². The van der Waals surface area contributed by atoms with Crippen LogP contribution in [-0.4, -0.2) is 135 Å². The molecule has 2 aliphatic rings. The van der Waals surface area contributed by atoms with Gasteiger partial charge in [0.1, 0.15) is 73.2 Å². The molecule has 2 saturated carbocycles. The number of hydrogen-bond acceptors (Lipinski definition) is 12. The zero-order chi connectivity index (χ0) is 18.9. The van der Waals surface area contributed by atoms with Gasteiger partial charge in [-0.15, -0.1) is 0 Å². The predicted molar refractivity (Wildman–Crippen MR) is 72.1 cm³/mol. The quantitative estimate of drug-likeness (QED) is 0.193. The topological polar surface area (TPSA) is 243 Å². The second kappa shape index (κ2) is 8.27. The van der Waals surface area contributed by atoms with Crippen molar-refractivity contribution in [3.63, 3.8) is 0 Å². The van der Waals surface area contributed by atoms with E-state index < -0.39 is 73.2 Å². The van der Waals surface area contributed by atoms with Crippen molar-refractivity contribution in [2.45, 2.75) is 73.2 Å². The SMILES string of the molecule is OC1C(O)C(O)C(O)C(O)C1O.OC1C(O)C(O)C(O)C(O)C1O. The lowest BCUT2D eigenvalue weighted by Gasteiger charge is -2.39. The van der Waals surface area contributed by atoms with E-state index >= 15 is 0 Å². The number of rotatable bonds is 0. The summed E-state index contributed by atoms with van der Waals surface area (Å²) in [7, 11) is 0. The van der Waals surface area contributed by atoms with Crippen LogP contribution in [0.2, 0.25) is 0 Å². The summed E-state index contributed by atoms with van der Waals surface area (Å²) >= 11 is 0. The highest BCUT2D eigenvalue weighted by Gasteiger charge is 2.48. The third kappa shape index (κ3) is 4.01. The van der Waals surface area contributed by atoms with Gasteiger partial charge in [-0.1, -0.05) is 0 Å². The molecule has 12 heteroatoms. The molecule has 0 bridgehead atoms. The molecule has 0 aliphatic heterocycles. The van der Waals surface area contributed by atoms with Crippen LogP contribution in [-0.2, 0) is 0 Å². The summed E-state index contributed by atoms with van der Waals surface area (Å²) in [5, 5.41) is 108. The van der Waals surface area contributed by atoms with Gasteiger partial charge in [0, 0.05) is 0 Å². The van der Waals surface area contributed by atoms with Crippen molar-refractivity contribution >= 4 is 0 Å². The Labute approximate surface area is 135 Å². The monoisotopic (exact) mass is 360 g/mol. The molecule has 12 N–H and O–H groups in total. The predicted octanol–water partition coefficient (Wildman–Crippen LogP) is -7.67. The van der Waals surface area contributed by atoms with Gasteiger partial charge in [-0.05, 0) is 0 Å². The van der Waals surface area contributed by atoms with E-state index in [1.807, 2.05) is 0 Å². The highest BCUT2D eigenvalue weighted by Crippen LogP contribution is 2.21. The van der Waals surface area contributed by atoms with E-state index in [1.165, 1.54) is 0 Å². The molecular formula is C12H24O12. The van der Waals surface area contributed by atoms with E-state index in [-0.39, 0.29) is 0 Å². The molecule has 0 unspecified atom stereocenters. The van der Waals surface area contributed by atoms with Crippen LogP contribution < -0.4 is 0 Å². The smallest absolute Gasteiger partial charge is 0.111 e. The van der Waals surface area contributed by atoms with E-state index in [4.69, 9.17) is 61.3 Å². The Balaban J connectivity index is 0.000000240. The molecule has 24 heavy (non-hydrogen) atoms. The fraction of sp³-hybridized carbons (Fsp3) is 1.00. The first-order chi connectivity index (χ1) is 10.9. The summed E-state index contributed by atoms with van der Waals surface area (Å²) in [6.45, 7) is 0. The van der Waals surface area contributed by atoms with Gasteiger partial charge in [-0.25, -0.2) is 0 Å². The van der Waals surface area contributed by atoms with Crippen LogP contribution in [0.15, 0.2) is 0 Å². The first-order valence-electron chi connectivity index (χ1n) is 7.10. The van der Waals surface area contributed by atoms with Gasteiger partial charge >= 0.3 is 0 Å². The standard InChI is InChI=1S/2C6H12O6/c2*7-1-2(8)4(10)6(12)5(11)3(1)9/h2*1-12H. The number of hydrogen-bond donors (Lipinski definition) is 12. The lowest BCUT2D eigenvalue weighted by atomic mass is 9.85. The molecule has 2 rings (SSSR count). The van der Waals surface area contributed by atoms with E-state index in [0.717, 1.165) is 0 Å². The summed E-state index contributed by atoms with van der Waals surface area (Å²) in [5.41, 5.74) is 0. The van der Waals surface area contributed by atoms with Crippen LogP contribution in [0.3, 0.4) is 0 Å². The second-order valence-corrected chi connectivity index (χ2v) is 5.89. The average Bonchev–Trinajstić information content (AvgIpc) is 2.58. The minimum Gasteiger partial charge on any atom is -0.387 e. The van der Waals surface area contributed by atoms with Gasteiger partial charge in [0.25, 0.3) is 0 Å². The maximum atomic E-state index is 8.97. The molecule has 144 valence electrons. The number of aliphatic hydroxyl groups is 12. The maximum absolute atomic E-state index is 8.97.